The number of benzene rings is 1. The van der Waals surface area contributed by atoms with Gasteiger partial charge >= 0.3 is 0 Å². The molecule has 2 aromatic heterocycles. The van der Waals surface area contributed by atoms with Crippen LogP contribution in [0.25, 0.3) is 0 Å². The number of rotatable bonds is 4. The molecule has 0 saturated carbocycles. The molecule has 1 aliphatic heterocycles. The van der Waals surface area contributed by atoms with E-state index in [0.717, 1.165) is 27.5 Å². The molecule has 4 rings (SSSR count). The molecule has 8 nitrogen and oxygen atoms in total. The van der Waals surface area contributed by atoms with Crippen molar-refractivity contribution in [2.45, 2.75) is 35.7 Å². The fourth-order valence-electron chi connectivity index (χ4n) is 3.16. The minimum absolute atomic E-state index is 0.0797. The van der Waals surface area contributed by atoms with Gasteiger partial charge in [0, 0.05) is 37.1 Å². The van der Waals surface area contributed by atoms with E-state index in [9.17, 15) is 13.2 Å². The molecule has 3 aromatic rings. The Morgan fingerprint density at radius 3 is 2.79 bits per heavy atom. The van der Waals surface area contributed by atoms with Crippen molar-refractivity contribution in [1.29, 1.82) is 0 Å². The molecule has 0 saturated heterocycles. The minimum Gasteiger partial charge on any atom is -0.369 e. The number of sulfone groups is 1. The number of nitrogens with one attached hydrogen (secondary N) is 1. The van der Waals surface area contributed by atoms with Gasteiger partial charge in [-0.15, -0.1) is 11.3 Å². The predicted octanol–water partition coefficient (Wildman–Crippen LogP) is 1.51. The zero-order valence-electron chi connectivity index (χ0n) is 15.2. The Balaban J connectivity index is 1.53. The number of nitrogens with zero attached hydrogens (tertiary/aromatic N) is 3. The Bertz CT molecular complexity index is 1180. The molecule has 28 heavy (non-hydrogen) atoms. The topological polar surface area (TPSA) is 122 Å². The van der Waals surface area contributed by atoms with Gasteiger partial charge in [0.25, 0.3) is 5.56 Å². The maximum atomic E-state index is 12.8. The summed E-state index contributed by atoms with van der Waals surface area (Å²) in [4.78, 5) is 26.1. The van der Waals surface area contributed by atoms with Gasteiger partial charge < -0.3 is 5.73 Å². The molecule has 3 N–H and O–H groups in total. The summed E-state index contributed by atoms with van der Waals surface area (Å²) in [7, 11) is -3.63. The van der Waals surface area contributed by atoms with Gasteiger partial charge in [-0.1, -0.05) is 17.7 Å². The summed E-state index contributed by atoms with van der Waals surface area (Å²) in [6, 6.07) is 6.73. The third-order valence-electron chi connectivity index (χ3n) is 4.64. The molecule has 1 aromatic carbocycles. The Morgan fingerprint density at radius 2 is 2.04 bits per heavy atom. The standard InChI is InChI=1S/C18H19N5O3S2/c1-11-2-4-13(5-3-11)28(25,26)18-20-8-12(27-18)9-23-7-6-15-14(10-23)16(24)22-17(19)21-15/h2-5,8H,6-7,9-10H2,1H3,(H3,19,21,22,24). The highest BCUT2D eigenvalue weighted by Crippen LogP contribution is 2.27. The van der Waals surface area contributed by atoms with E-state index in [2.05, 4.69) is 19.9 Å². The van der Waals surface area contributed by atoms with Crippen LogP contribution in [0.5, 0.6) is 0 Å². The summed E-state index contributed by atoms with van der Waals surface area (Å²) in [5.41, 5.74) is 7.70. The first-order chi connectivity index (χ1) is 13.3. The van der Waals surface area contributed by atoms with Crippen molar-refractivity contribution in [3.05, 3.63) is 62.5 Å². The van der Waals surface area contributed by atoms with Gasteiger partial charge in [-0.25, -0.2) is 18.4 Å². The van der Waals surface area contributed by atoms with E-state index < -0.39 is 9.84 Å². The summed E-state index contributed by atoms with van der Waals surface area (Å²) in [5.74, 6) is 0.130. The smallest absolute Gasteiger partial charge is 0.257 e. The van der Waals surface area contributed by atoms with Gasteiger partial charge in [-0.05, 0) is 19.1 Å². The number of nitrogen functional groups attached to an aromatic ring is 1. The van der Waals surface area contributed by atoms with Gasteiger partial charge in [0.05, 0.1) is 16.2 Å². The van der Waals surface area contributed by atoms with Crippen molar-refractivity contribution in [3.63, 3.8) is 0 Å². The van der Waals surface area contributed by atoms with Crippen molar-refractivity contribution in [1.82, 2.24) is 19.9 Å². The number of hydrogen-bond donors (Lipinski definition) is 2. The third-order valence-corrected chi connectivity index (χ3v) is 7.78. The van der Waals surface area contributed by atoms with Crippen molar-refractivity contribution >= 4 is 27.1 Å². The highest BCUT2D eigenvalue weighted by molar-refractivity contribution is 7.93. The molecule has 0 spiro atoms. The molecule has 3 heterocycles. The van der Waals surface area contributed by atoms with Crippen molar-refractivity contribution < 1.29 is 8.42 Å². The first-order valence-electron chi connectivity index (χ1n) is 8.69. The maximum absolute atomic E-state index is 12.8. The summed E-state index contributed by atoms with van der Waals surface area (Å²) >= 11 is 1.16. The lowest BCUT2D eigenvalue weighted by molar-refractivity contribution is 0.244. The SMILES string of the molecule is Cc1ccc(S(=O)(=O)c2ncc(CN3CCc4nc(N)[nH]c(=O)c4C3)s2)cc1. The van der Waals surface area contributed by atoms with Crippen LogP contribution in [0, 0.1) is 6.92 Å². The summed E-state index contributed by atoms with van der Waals surface area (Å²) in [5, 5.41) is 0. The number of aryl methyl sites for hydroxylation is 1. The van der Waals surface area contributed by atoms with Gasteiger partial charge in [-0.3, -0.25) is 14.7 Å². The average Bonchev–Trinajstić information content (AvgIpc) is 3.12. The normalized spacial score (nSPS) is 14.8. The van der Waals surface area contributed by atoms with Crippen molar-refractivity contribution in [2.24, 2.45) is 0 Å². The Hall–Kier alpha value is -2.56. The summed E-state index contributed by atoms with van der Waals surface area (Å²) < 4.78 is 25.6. The van der Waals surface area contributed by atoms with E-state index in [0.29, 0.717) is 31.6 Å². The van der Waals surface area contributed by atoms with Crippen LogP contribution in [0.2, 0.25) is 0 Å². The molecule has 10 heteroatoms. The number of thiazole rings is 1. The van der Waals surface area contributed by atoms with Crippen LogP contribution >= 0.6 is 11.3 Å². The van der Waals surface area contributed by atoms with Gasteiger partial charge in [0.2, 0.25) is 20.1 Å². The van der Waals surface area contributed by atoms with Crippen molar-refractivity contribution in [3.8, 4) is 0 Å². The number of H-pyrrole nitrogens is 1. The number of anilines is 1. The zero-order chi connectivity index (χ0) is 19.9. The third kappa shape index (κ3) is 3.58. The van der Waals surface area contributed by atoms with E-state index in [1.165, 1.54) is 0 Å². The molecular formula is C18H19N5O3S2. The van der Waals surface area contributed by atoms with Crippen LogP contribution in [0.1, 0.15) is 21.7 Å². The first kappa shape index (κ1) is 18.8. The number of nitrogens with two attached hydrogens (primary N) is 1. The molecule has 146 valence electrons. The molecule has 0 aliphatic carbocycles. The molecule has 0 amide bonds. The number of hydrogen-bond acceptors (Lipinski definition) is 8. The van der Waals surface area contributed by atoms with Crippen LogP contribution in [-0.4, -0.2) is 34.8 Å². The van der Waals surface area contributed by atoms with Gasteiger partial charge in [-0.2, -0.15) is 0 Å². The summed E-state index contributed by atoms with van der Waals surface area (Å²) in [6.45, 7) is 3.57. The second-order valence-electron chi connectivity index (χ2n) is 6.75. The van der Waals surface area contributed by atoms with Crippen LogP contribution in [-0.2, 0) is 29.3 Å². The molecule has 0 bridgehead atoms. The number of fused-ring (bicyclic) bond motifs is 1. The van der Waals surface area contributed by atoms with Crippen molar-refractivity contribution in [2.75, 3.05) is 12.3 Å². The highest BCUT2D eigenvalue weighted by atomic mass is 32.2. The lowest BCUT2D eigenvalue weighted by Gasteiger charge is -2.26. The second-order valence-corrected chi connectivity index (χ2v) is 9.98. The highest BCUT2D eigenvalue weighted by Gasteiger charge is 2.24. The van der Waals surface area contributed by atoms with E-state index >= 15 is 0 Å². The largest absolute Gasteiger partial charge is 0.369 e. The molecule has 0 fully saturated rings. The lowest BCUT2D eigenvalue weighted by atomic mass is 10.1. The van der Waals surface area contributed by atoms with Gasteiger partial charge in [0.15, 0.2) is 0 Å². The molecule has 1 aliphatic rings. The molecule has 0 radical (unpaired) electrons. The average molecular weight is 418 g/mol. The maximum Gasteiger partial charge on any atom is 0.257 e. The second kappa shape index (κ2) is 7.12. The molecule has 0 unspecified atom stereocenters. The minimum atomic E-state index is -3.63. The molecular weight excluding hydrogens is 398 g/mol. The Labute approximate surface area is 166 Å². The first-order valence-corrected chi connectivity index (χ1v) is 11.0. The Kier molecular flexibility index (Phi) is 4.77. The monoisotopic (exact) mass is 417 g/mol. The van der Waals surface area contributed by atoms with E-state index in [-0.39, 0.29) is 20.7 Å². The Morgan fingerprint density at radius 1 is 1.29 bits per heavy atom. The van der Waals surface area contributed by atoms with E-state index in [1.54, 1.807) is 30.5 Å². The summed E-state index contributed by atoms with van der Waals surface area (Å²) in [6.07, 6.45) is 2.21. The number of aromatic nitrogens is 3. The van der Waals surface area contributed by atoms with Crippen LogP contribution in [0.4, 0.5) is 5.95 Å². The lowest BCUT2D eigenvalue weighted by Crippen LogP contribution is -2.35. The number of aromatic amines is 1. The van der Waals surface area contributed by atoms with Crippen LogP contribution in [0.15, 0.2) is 44.5 Å². The molecule has 0 atom stereocenters. The van der Waals surface area contributed by atoms with E-state index in [1.807, 2.05) is 6.92 Å². The zero-order valence-corrected chi connectivity index (χ0v) is 16.8. The fraction of sp³-hybridized carbons (Fsp3) is 0.278. The predicted molar refractivity (Wildman–Crippen MR) is 106 cm³/mol. The van der Waals surface area contributed by atoms with Gasteiger partial charge in [0.1, 0.15) is 0 Å². The van der Waals surface area contributed by atoms with E-state index in [4.69, 9.17) is 5.73 Å². The fourth-order valence-corrected chi connectivity index (χ4v) is 5.78. The quantitative estimate of drug-likeness (QED) is 0.660. The van der Waals surface area contributed by atoms with Crippen LogP contribution in [0.3, 0.4) is 0 Å². The van der Waals surface area contributed by atoms with Crippen LogP contribution < -0.4 is 11.3 Å².